The largest absolute Gasteiger partial charge is 0.444 e. The summed E-state index contributed by atoms with van der Waals surface area (Å²) in [6.07, 6.45) is 1.35. The summed E-state index contributed by atoms with van der Waals surface area (Å²) in [7, 11) is -3.66. The molecule has 1 atom stereocenters. The van der Waals surface area contributed by atoms with E-state index in [9.17, 15) is 13.2 Å². The van der Waals surface area contributed by atoms with E-state index in [1.165, 1.54) is 15.6 Å². The molecule has 0 radical (unpaired) electrons. The van der Waals surface area contributed by atoms with Crippen molar-refractivity contribution in [1.29, 1.82) is 0 Å². The number of rotatable bonds is 5. The Morgan fingerprint density at radius 3 is 2.55 bits per heavy atom. The topological polar surface area (TPSA) is 66.9 Å². The smallest absolute Gasteiger partial charge is 0.410 e. The number of thiophene rings is 1. The van der Waals surface area contributed by atoms with Crippen LogP contribution in [-0.2, 0) is 14.8 Å². The van der Waals surface area contributed by atoms with Gasteiger partial charge in [0.25, 0.3) is 10.0 Å². The fraction of sp³-hybridized carbons (Fsp3) is 0.476. The van der Waals surface area contributed by atoms with Gasteiger partial charge in [-0.3, -0.25) is 4.31 Å². The first-order chi connectivity index (χ1) is 13.7. The van der Waals surface area contributed by atoms with Crippen molar-refractivity contribution in [3.05, 3.63) is 47.8 Å². The van der Waals surface area contributed by atoms with Crippen LogP contribution in [0.5, 0.6) is 0 Å². The van der Waals surface area contributed by atoms with Crippen LogP contribution in [0.25, 0.3) is 0 Å². The molecule has 1 aliphatic heterocycles. The first-order valence-electron chi connectivity index (χ1n) is 9.76. The number of hydrogen-bond donors (Lipinski definition) is 0. The second kappa shape index (κ2) is 8.75. The van der Waals surface area contributed by atoms with Crippen LogP contribution in [0.4, 0.5) is 10.5 Å². The van der Waals surface area contributed by atoms with Crippen LogP contribution in [0, 0.1) is 5.92 Å². The number of ether oxygens (including phenoxy) is 1. The standard InChI is InChI=1S/C21H28N2O4S2/c1-21(2,3)27-20(24)22-13-7-9-17(15-22)16-23(18-10-5-4-6-11-18)29(25,26)19-12-8-14-28-19/h4-6,8,10-12,14,17H,7,9,13,15-16H2,1-3H3. The maximum absolute atomic E-state index is 13.3. The SMILES string of the molecule is CC(C)(C)OC(=O)N1CCCC(CN(c2ccccc2)S(=O)(=O)c2cccs2)C1. The van der Waals surface area contributed by atoms with Gasteiger partial charge in [-0.15, -0.1) is 11.3 Å². The molecule has 0 N–H and O–H groups in total. The number of amides is 1. The Labute approximate surface area is 177 Å². The Balaban J connectivity index is 1.80. The van der Waals surface area contributed by atoms with Crippen molar-refractivity contribution in [2.45, 2.75) is 43.4 Å². The number of anilines is 1. The number of benzene rings is 1. The summed E-state index contributed by atoms with van der Waals surface area (Å²) in [6, 6.07) is 12.5. The maximum Gasteiger partial charge on any atom is 0.410 e. The van der Waals surface area contributed by atoms with Crippen LogP contribution in [0.1, 0.15) is 33.6 Å². The Morgan fingerprint density at radius 1 is 1.21 bits per heavy atom. The number of carbonyl (C=O) groups is 1. The fourth-order valence-corrected chi connectivity index (χ4v) is 6.04. The lowest BCUT2D eigenvalue weighted by atomic mass is 9.98. The van der Waals surface area contributed by atoms with Gasteiger partial charge in [-0.2, -0.15) is 0 Å². The van der Waals surface area contributed by atoms with Crippen LogP contribution in [0.2, 0.25) is 0 Å². The van der Waals surface area contributed by atoms with Crippen LogP contribution in [0.15, 0.2) is 52.1 Å². The molecule has 0 spiro atoms. The van der Waals surface area contributed by atoms with Crippen molar-refractivity contribution in [2.24, 2.45) is 5.92 Å². The van der Waals surface area contributed by atoms with Gasteiger partial charge in [-0.25, -0.2) is 13.2 Å². The van der Waals surface area contributed by atoms with E-state index < -0.39 is 15.6 Å². The number of likely N-dealkylation sites (tertiary alicyclic amines) is 1. The molecule has 2 aromatic rings. The molecule has 1 aliphatic rings. The van der Waals surface area contributed by atoms with Crippen molar-refractivity contribution >= 4 is 33.1 Å². The average molecular weight is 437 g/mol. The number of nitrogens with zero attached hydrogens (tertiary/aromatic N) is 2. The minimum absolute atomic E-state index is 0.0335. The molecule has 1 fully saturated rings. The number of carbonyl (C=O) groups excluding carboxylic acids is 1. The Hall–Kier alpha value is -2.06. The van der Waals surface area contributed by atoms with E-state index in [0.717, 1.165) is 12.8 Å². The monoisotopic (exact) mass is 436 g/mol. The molecule has 1 saturated heterocycles. The van der Waals surface area contributed by atoms with Gasteiger partial charge in [0.1, 0.15) is 9.81 Å². The van der Waals surface area contributed by atoms with Crippen molar-refractivity contribution in [2.75, 3.05) is 23.9 Å². The number of para-hydroxylation sites is 1. The maximum atomic E-state index is 13.3. The molecular weight excluding hydrogens is 408 g/mol. The average Bonchev–Trinajstić information content (AvgIpc) is 3.21. The predicted molar refractivity (Wildman–Crippen MR) is 116 cm³/mol. The Bertz CT molecular complexity index is 906. The van der Waals surface area contributed by atoms with Crippen LogP contribution in [-0.4, -0.2) is 44.6 Å². The van der Waals surface area contributed by atoms with Gasteiger partial charge in [-0.1, -0.05) is 24.3 Å². The zero-order chi connectivity index (χ0) is 21.1. The van der Waals surface area contributed by atoms with Gasteiger partial charge in [0.05, 0.1) is 5.69 Å². The zero-order valence-corrected chi connectivity index (χ0v) is 18.7. The van der Waals surface area contributed by atoms with E-state index in [-0.39, 0.29) is 12.0 Å². The van der Waals surface area contributed by atoms with Gasteiger partial charge in [0.15, 0.2) is 0 Å². The second-order valence-corrected chi connectivity index (χ2v) is 11.3. The van der Waals surface area contributed by atoms with Gasteiger partial charge in [0.2, 0.25) is 0 Å². The van der Waals surface area contributed by atoms with E-state index in [1.807, 2.05) is 39.0 Å². The molecule has 1 unspecified atom stereocenters. The van der Waals surface area contributed by atoms with Crippen LogP contribution < -0.4 is 4.31 Å². The van der Waals surface area contributed by atoms with Gasteiger partial charge in [-0.05, 0) is 63.1 Å². The molecule has 2 heterocycles. The molecular formula is C21H28N2O4S2. The zero-order valence-electron chi connectivity index (χ0n) is 17.1. The highest BCUT2D eigenvalue weighted by Gasteiger charge is 2.32. The normalized spacial score (nSPS) is 17.8. The number of piperidine rings is 1. The predicted octanol–water partition coefficient (Wildman–Crippen LogP) is 4.59. The van der Waals surface area contributed by atoms with Gasteiger partial charge in [0, 0.05) is 19.6 Å². The third kappa shape index (κ3) is 5.51. The molecule has 158 valence electrons. The van der Waals surface area contributed by atoms with Crippen molar-refractivity contribution in [3.63, 3.8) is 0 Å². The molecule has 1 aromatic heterocycles. The minimum atomic E-state index is -3.66. The van der Waals surface area contributed by atoms with E-state index >= 15 is 0 Å². The van der Waals surface area contributed by atoms with Crippen molar-refractivity contribution < 1.29 is 17.9 Å². The molecule has 0 aliphatic carbocycles. The molecule has 0 bridgehead atoms. The van der Waals surface area contributed by atoms with Crippen LogP contribution >= 0.6 is 11.3 Å². The molecule has 3 rings (SSSR count). The Morgan fingerprint density at radius 2 is 1.93 bits per heavy atom. The van der Waals surface area contributed by atoms with Crippen molar-refractivity contribution in [3.8, 4) is 0 Å². The van der Waals surface area contributed by atoms with Crippen molar-refractivity contribution in [1.82, 2.24) is 4.90 Å². The second-order valence-electron chi connectivity index (χ2n) is 8.24. The summed E-state index contributed by atoms with van der Waals surface area (Å²) >= 11 is 1.21. The van der Waals surface area contributed by atoms with Gasteiger partial charge < -0.3 is 9.64 Å². The van der Waals surface area contributed by atoms with E-state index in [1.54, 1.807) is 34.5 Å². The third-order valence-corrected chi connectivity index (χ3v) is 7.85. The molecule has 29 heavy (non-hydrogen) atoms. The first kappa shape index (κ1) is 21.6. The van der Waals surface area contributed by atoms with Crippen LogP contribution in [0.3, 0.4) is 0 Å². The number of hydrogen-bond acceptors (Lipinski definition) is 5. The lowest BCUT2D eigenvalue weighted by Crippen LogP contribution is -2.46. The summed E-state index contributed by atoms with van der Waals surface area (Å²) in [5.74, 6) is 0.0335. The highest BCUT2D eigenvalue weighted by atomic mass is 32.2. The lowest BCUT2D eigenvalue weighted by molar-refractivity contribution is 0.0171. The lowest BCUT2D eigenvalue weighted by Gasteiger charge is -2.36. The molecule has 1 amide bonds. The van der Waals surface area contributed by atoms with E-state index in [4.69, 9.17) is 4.74 Å². The number of sulfonamides is 1. The minimum Gasteiger partial charge on any atom is -0.444 e. The highest BCUT2D eigenvalue weighted by molar-refractivity contribution is 7.94. The molecule has 0 saturated carbocycles. The fourth-order valence-electron chi connectivity index (χ4n) is 3.40. The molecule has 8 heteroatoms. The molecule has 1 aromatic carbocycles. The third-order valence-electron chi connectivity index (χ3n) is 4.68. The van der Waals surface area contributed by atoms with Gasteiger partial charge >= 0.3 is 6.09 Å². The highest BCUT2D eigenvalue weighted by Crippen LogP contribution is 2.29. The summed E-state index contributed by atoms with van der Waals surface area (Å²) in [5, 5.41) is 1.76. The molecule has 6 nitrogen and oxygen atoms in total. The summed E-state index contributed by atoms with van der Waals surface area (Å²) in [6.45, 7) is 6.97. The van der Waals surface area contributed by atoms with E-state index in [0.29, 0.717) is 29.5 Å². The summed E-state index contributed by atoms with van der Waals surface area (Å²) < 4.78 is 33.9. The summed E-state index contributed by atoms with van der Waals surface area (Å²) in [4.78, 5) is 14.2. The quantitative estimate of drug-likeness (QED) is 0.687. The van der Waals surface area contributed by atoms with E-state index in [2.05, 4.69) is 0 Å². The summed E-state index contributed by atoms with van der Waals surface area (Å²) in [5.41, 5.74) is 0.0816. The first-order valence-corrected chi connectivity index (χ1v) is 12.1. The Kier molecular flexibility index (Phi) is 6.53.